The normalized spacial score (nSPS) is 11.8. The van der Waals surface area contributed by atoms with Crippen LogP contribution in [-0.2, 0) is 17.1 Å². The monoisotopic (exact) mass is 397 g/mol. The molecule has 0 spiro atoms. The zero-order valence-electron chi connectivity index (χ0n) is 16.5. The van der Waals surface area contributed by atoms with E-state index < -0.39 is 0 Å². The Hall–Kier alpha value is -1.11. The smallest absolute Gasteiger partial charge is 0.0994 e. The van der Waals surface area contributed by atoms with Crippen LogP contribution in [0.5, 0.6) is 0 Å². The maximum absolute atomic E-state index is 9.87. The van der Waals surface area contributed by atoms with E-state index in [9.17, 15) is 5.11 Å². The fraction of sp³-hybridized carbons (Fsp3) is 0.542. The van der Waals surface area contributed by atoms with Gasteiger partial charge in [-0.3, -0.25) is 0 Å². The van der Waals surface area contributed by atoms with E-state index in [1.54, 1.807) is 0 Å². The molecular formula is C24H37FeO-. The first-order valence-electron chi connectivity index (χ1n) is 10.3. The van der Waals surface area contributed by atoms with Gasteiger partial charge >= 0.3 is 0 Å². The van der Waals surface area contributed by atoms with Crippen molar-refractivity contribution < 1.29 is 22.2 Å². The molecule has 0 aliphatic heterocycles. The standard InChI is InChI=1S/C19H32O.C5H5.Fe/c1-2-3-4-5-6-7-8-9-10-11-12-17-19(20)18-15-13-14-16-18;1-2-4-5-3-1;/h13-16,20H,2-12,17H2,1H3;1-5H;/q;-1;. The molecule has 0 amide bonds. The van der Waals surface area contributed by atoms with Crippen LogP contribution < -0.4 is 0 Å². The van der Waals surface area contributed by atoms with Crippen LogP contribution in [-0.4, -0.2) is 5.11 Å². The Labute approximate surface area is 172 Å². The van der Waals surface area contributed by atoms with Gasteiger partial charge in [0.25, 0.3) is 0 Å². The van der Waals surface area contributed by atoms with Crippen molar-refractivity contribution in [2.45, 2.75) is 84.0 Å². The van der Waals surface area contributed by atoms with Crippen LogP contribution in [0.1, 0.15) is 84.0 Å². The SMILES string of the molecule is CCCCCCCCCCCCCC(O)=C1C=CC=C1.[Fe].c1cc[cH-]c1. The molecule has 0 heterocycles. The Bertz CT molecular complexity index is 451. The van der Waals surface area contributed by atoms with Gasteiger partial charge in [-0.15, -0.1) is 0 Å². The summed E-state index contributed by atoms with van der Waals surface area (Å²) in [6.45, 7) is 2.27. The number of unbranched alkanes of at least 4 members (excludes halogenated alkanes) is 10. The first-order valence-corrected chi connectivity index (χ1v) is 10.3. The Morgan fingerprint density at radius 3 is 1.65 bits per heavy atom. The largest absolute Gasteiger partial charge is 0.512 e. The molecule has 0 fully saturated rings. The summed E-state index contributed by atoms with van der Waals surface area (Å²) in [6, 6.07) is 10.0. The summed E-state index contributed by atoms with van der Waals surface area (Å²) in [5.74, 6) is 0.561. The second kappa shape index (κ2) is 18.7. The molecule has 1 aromatic carbocycles. The maximum atomic E-state index is 9.87. The molecule has 0 atom stereocenters. The fourth-order valence-corrected chi connectivity index (χ4v) is 2.99. The van der Waals surface area contributed by atoms with E-state index in [-0.39, 0.29) is 17.1 Å². The average molecular weight is 397 g/mol. The van der Waals surface area contributed by atoms with Gasteiger partial charge < -0.3 is 5.11 Å². The van der Waals surface area contributed by atoms with Gasteiger partial charge in [0, 0.05) is 29.1 Å². The minimum Gasteiger partial charge on any atom is -0.512 e. The van der Waals surface area contributed by atoms with Crippen molar-refractivity contribution in [2.24, 2.45) is 0 Å². The van der Waals surface area contributed by atoms with Crippen molar-refractivity contribution in [2.75, 3.05) is 0 Å². The second-order valence-electron chi connectivity index (χ2n) is 6.87. The van der Waals surface area contributed by atoms with E-state index in [1.807, 2.05) is 54.6 Å². The van der Waals surface area contributed by atoms with Crippen molar-refractivity contribution in [1.29, 1.82) is 0 Å². The Morgan fingerprint density at radius 2 is 1.23 bits per heavy atom. The molecule has 1 N–H and O–H groups in total. The van der Waals surface area contributed by atoms with Gasteiger partial charge in [-0.2, -0.15) is 18.2 Å². The second-order valence-corrected chi connectivity index (χ2v) is 6.87. The summed E-state index contributed by atoms with van der Waals surface area (Å²) in [7, 11) is 0. The number of aliphatic hydroxyl groups is 1. The van der Waals surface area contributed by atoms with E-state index in [0.29, 0.717) is 5.76 Å². The molecule has 2 rings (SSSR count). The van der Waals surface area contributed by atoms with Crippen LogP contribution in [0.25, 0.3) is 0 Å². The van der Waals surface area contributed by atoms with E-state index in [2.05, 4.69) is 6.92 Å². The number of hydrogen-bond donors (Lipinski definition) is 1. The van der Waals surface area contributed by atoms with Crippen LogP contribution in [0.4, 0.5) is 0 Å². The van der Waals surface area contributed by atoms with Gasteiger partial charge in [-0.25, -0.2) is 12.1 Å². The molecule has 1 aromatic rings. The predicted octanol–water partition coefficient (Wildman–Crippen LogP) is 8.03. The molecule has 1 aliphatic carbocycles. The Balaban J connectivity index is 0.000000893. The summed E-state index contributed by atoms with van der Waals surface area (Å²) < 4.78 is 0. The van der Waals surface area contributed by atoms with Gasteiger partial charge in [0.15, 0.2) is 0 Å². The number of aliphatic hydroxyl groups excluding tert-OH is 1. The minimum absolute atomic E-state index is 0. The van der Waals surface area contributed by atoms with Crippen LogP contribution in [0, 0.1) is 0 Å². The molecule has 0 aromatic heterocycles. The molecule has 0 unspecified atom stereocenters. The quantitative estimate of drug-likeness (QED) is 0.164. The zero-order valence-corrected chi connectivity index (χ0v) is 17.6. The van der Waals surface area contributed by atoms with Crippen molar-refractivity contribution in [3.8, 4) is 0 Å². The number of hydrogen-bond acceptors (Lipinski definition) is 1. The molecular weight excluding hydrogens is 360 g/mol. The minimum atomic E-state index is 0. The molecule has 0 radical (unpaired) electrons. The van der Waals surface area contributed by atoms with Crippen LogP contribution >= 0.6 is 0 Å². The van der Waals surface area contributed by atoms with Crippen LogP contribution in [0.2, 0.25) is 0 Å². The van der Waals surface area contributed by atoms with Gasteiger partial charge in [0.2, 0.25) is 0 Å². The first kappa shape index (κ1) is 24.9. The molecule has 0 saturated carbocycles. The van der Waals surface area contributed by atoms with Crippen molar-refractivity contribution in [1.82, 2.24) is 0 Å². The summed E-state index contributed by atoms with van der Waals surface area (Å²) in [4.78, 5) is 0. The summed E-state index contributed by atoms with van der Waals surface area (Å²) in [5.41, 5.74) is 0.997. The van der Waals surface area contributed by atoms with E-state index in [0.717, 1.165) is 18.4 Å². The van der Waals surface area contributed by atoms with Crippen LogP contribution in [0.3, 0.4) is 0 Å². The van der Waals surface area contributed by atoms with Crippen molar-refractivity contribution in [3.05, 3.63) is 66.0 Å². The molecule has 0 saturated heterocycles. The first-order chi connectivity index (χ1) is 12.3. The molecule has 26 heavy (non-hydrogen) atoms. The van der Waals surface area contributed by atoms with E-state index in [1.165, 1.54) is 64.2 Å². The van der Waals surface area contributed by atoms with Gasteiger partial charge in [0.05, 0.1) is 5.76 Å². The Morgan fingerprint density at radius 1 is 0.769 bits per heavy atom. The molecule has 0 bridgehead atoms. The van der Waals surface area contributed by atoms with Gasteiger partial charge in [0.1, 0.15) is 0 Å². The summed E-state index contributed by atoms with van der Waals surface area (Å²) >= 11 is 0. The van der Waals surface area contributed by atoms with Crippen molar-refractivity contribution >= 4 is 0 Å². The van der Waals surface area contributed by atoms with E-state index >= 15 is 0 Å². The molecule has 1 aliphatic rings. The topological polar surface area (TPSA) is 20.2 Å². The third kappa shape index (κ3) is 14.1. The number of rotatable bonds is 12. The Kier molecular flexibility index (Phi) is 17.9. The molecule has 1 nitrogen and oxygen atoms in total. The maximum Gasteiger partial charge on any atom is 0.0994 e. The number of allylic oxidation sites excluding steroid dienone is 6. The third-order valence-corrected chi connectivity index (χ3v) is 4.57. The molecule has 2 heteroatoms. The summed E-state index contributed by atoms with van der Waals surface area (Å²) in [5, 5.41) is 9.87. The third-order valence-electron chi connectivity index (χ3n) is 4.57. The fourth-order valence-electron chi connectivity index (χ4n) is 2.99. The predicted molar refractivity (Wildman–Crippen MR) is 111 cm³/mol. The van der Waals surface area contributed by atoms with Crippen molar-refractivity contribution in [3.63, 3.8) is 0 Å². The average Bonchev–Trinajstić information content (AvgIpc) is 3.35. The zero-order chi connectivity index (χ0) is 18.0. The van der Waals surface area contributed by atoms with Crippen LogP contribution in [0.15, 0.2) is 66.0 Å². The van der Waals surface area contributed by atoms with Gasteiger partial charge in [-0.05, 0) is 6.42 Å². The van der Waals surface area contributed by atoms with Gasteiger partial charge in [-0.1, -0.05) is 95.4 Å². The van der Waals surface area contributed by atoms with E-state index in [4.69, 9.17) is 0 Å². The summed E-state index contributed by atoms with van der Waals surface area (Å²) in [6.07, 6.45) is 23.6. The molecule has 148 valence electrons.